The van der Waals surface area contributed by atoms with Crippen molar-refractivity contribution in [1.29, 1.82) is 0 Å². The van der Waals surface area contributed by atoms with Crippen LogP contribution in [0.4, 0.5) is 0 Å². The number of aromatic nitrogens is 1. The Balaban J connectivity index is 2.12. The standard InChI is InChI=1S/C13H14ClN3S/c14-10-5-9(7-16-15)12-11(6-10)18-13(17-12)8-3-1-2-4-8/h3,5-6,16H,1-2,4,7,15H2. The van der Waals surface area contributed by atoms with Gasteiger partial charge in [0.2, 0.25) is 0 Å². The van der Waals surface area contributed by atoms with Crippen LogP contribution in [0.25, 0.3) is 15.8 Å². The van der Waals surface area contributed by atoms with Gasteiger partial charge in [-0.2, -0.15) is 0 Å². The lowest BCUT2D eigenvalue weighted by atomic mass is 10.2. The highest BCUT2D eigenvalue weighted by Gasteiger charge is 2.14. The molecule has 5 heteroatoms. The second kappa shape index (κ2) is 4.97. The molecular weight excluding hydrogens is 266 g/mol. The SMILES string of the molecule is NNCc1cc(Cl)cc2sc(C3=CCCC3)nc12. The van der Waals surface area contributed by atoms with E-state index in [1.54, 1.807) is 11.3 Å². The maximum absolute atomic E-state index is 6.12. The number of halogens is 1. The lowest BCUT2D eigenvalue weighted by Gasteiger charge is -2.01. The summed E-state index contributed by atoms with van der Waals surface area (Å²) < 4.78 is 1.13. The van der Waals surface area contributed by atoms with Gasteiger partial charge in [0.15, 0.2) is 0 Å². The van der Waals surface area contributed by atoms with E-state index in [0.29, 0.717) is 6.54 Å². The molecule has 1 heterocycles. The van der Waals surface area contributed by atoms with Gasteiger partial charge in [-0.1, -0.05) is 17.7 Å². The summed E-state index contributed by atoms with van der Waals surface area (Å²) in [5.74, 6) is 5.40. The van der Waals surface area contributed by atoms with E-state index in [0.717, 1.165) is 32.2 Å². The molecule has 0 unspecified atom stereocenters. The number of rotatable bonds is 3. The molecule has 0 spiro atoms. The number of hydrazine groups is 1. The zero-order valence-corrected chi connectivity index (χ0v) is 11.4. The highest BCUT2D eigenvalue weighted by molar-refractivity contribution is 7.19. The molecule has 3 nitrogen and oxygen atoms in total. The van der Waals surface area contributed by atoms with Gasteiger partial charge >= 0.3 is 0 Å². The van der Waals surface area contributed by atoms with Crippen LogP contribution in [0.5, 0.6) is 0 Å². The van der Waals surface area contributed by atoms with Crippen LogP contribution in [-0.2, 0) is 6.54 Å². The second-order valence-electron chi connectivity index (χ2n) is 4.43. The zero-order chi connectivity index (χ0) is 12.5. The van der Waals surface area contributed by atoms with Crippen molar-refractivity contribution in [3.8, 4) is 0 Å². The molecule has 94 valence electrons. The Morgan fingerprint density at radius 2 is 2.33 bits per heavy atom. The van der Waals surface area contributed by atoms with Crippen LogP contribution in [-0.4, -0.2) is 4.98 Å². The van der Waals surface area contributed by atoms with Gasteiger partial charge in [-0.05, 0) is 42.5 Å². The minimum absolute atomic E-state index is 0.583. The molecule has 0 saturated heterocycles. The van der Waals surface area contributed by atoms with Crippen molar-refractivity contribution in [3.63, 3.8) is 0 Å². The third kappa shape index (κ3) is 2.17. The quantitative estimate of drug-likeness (QED) is 0.668. The van der Waals surface area contributed by atoms with Crippen LogP contribution >= 0.6 is 22.9 Å². The van der Waals surface area contributed by atoms with Crippen LogP contribution in [0.1, 0.15) is 29.8 Å². The summed E-state index contributed by atoms with van der Waals surface area (Å²) in [7, 11) is 0. The molecule has 0 atom stereocenters. The molecule has 1 aliphatic carbocycles. The highest BCUT2D eigenvalue weighted by atomic mass is 35.5. The first-order valence-corrected chi connectivity index (χ1v) is 7.19. The van der Waals surface area contributed by atoms with Crippen molar-refractivity contribution in [2.45, 2.75) is 25.8 Å². The Hall–Kier alpha value is -0.940. The van der Waals surface area contributed by atoms with Gasteiger partial charge in [0.05, 0.1) is 10.2 Å². The van der Waals surface area contributed by atoms with E-state index in [2.05, 4.69) is 11.5 Å². The summed E-state index contributed by atoms with van der Waals surface area (Å²) in [4.78, 5) is 4.75. The van der Waals surface area contributed by atoms with Crippen LogP contribution < -0.4 is 11.3 Å². The van der Waals surface area contributed by atoms with Gasteiger partial charge in [-0.15, -0.1) is 11.3 Å². The molecule has 2 aromatic rings. The van der Waals surface area contributed by atoms with Gasteiger partial charge in [0, 0.05) is 11.6 Å². The van der Waals surface area contributed by atoms with Crippen molar-refractivity contribution in [3.05, 3.63) is 33.8 Å². The first kappa shape index (κ1) is 12.1. The van der Waals surface area contributed by atoms with E-state index in [4.69, 9.17) is 22.4 Å². The molecule has 1 aromatic heterocycles. The number of nitrogens with zero attached hydrogens (tertiary/aromatic N) is 1. The van der Waals surface area contributed by atoms with Crippen molar-refractivity contribution >= 4 is 38.7 Å². The van der Waals surface area contributed by atoms with E-state index in [1.807, 2.05) is 12.1 Å². The van der Waals surface area contributed by atoms with E-state index in [9.17, 15) is 0 Å². The number of nitrogens with one attached hydrogen (secondary N) is 1. The van der Waals surface area contributed by atoms with E-state index in [1.165, 1.54) is 18.4 Å². The number of fused-ring (bicyclic) bond motifs is 1. The summed E-state index contributed by atoms with van der Waals surface area (Å²) in [6.07, 6.45) is 5.84. The maximum Gasteiger partial charge on any atom is 0.120 e. The maximum atomic E-state index is 6.12. The minimum atomic E-state index is 0.583. The molecule has 3 N–H and O–H groups in total. The Morgan fingerprint density at radius 1 is 1.44 bits per heavy atom. The molecule has 0 saturated carbocycles. The molecule has 0 bridgehead atoms. The van der Waals surface area contributed by atoms with Crippen LogP contribution in [0, 0.1) is 0 Å². The molecule has 0 amide bonds. The Labute approximate surface area is 115 Å². The summed E-state index contributed by atoms with van der Waals surface area (Å²) in [6, 6.07) is 3.91. The number of hydrogen-bond acceptors (Lipinski definition) is 4. The van der Waals surface area contributed by atoms with Gasteiger partial charge in [0.25, 0.3) is 0 Å². The number of nitrogens with two attached hydrogens (primary N) is 1. The molecule has 1 aliphatic rings. The number of benzene rings is 1. The van der Waals surface area contributed by atoms with Crippen LogP contribution in [0.2, 0.25) is 5.02 Å². The lowest BCUT2D eigenvalue weighted by molar-refractivity contribution is 0.744. The predicted molar refractivity (Wildman–Crippen MR) is 77.5 cm³/mol. The number of thiazole rings is 1. The molecule has 18 heavy (non-hydrogen) atoms. The summed E-state index contributed by atoms with van der Waals surface area (Å²) >= 11 is 7.84. The van der Waals surface area contributed by atoms with Crippen LogP contribution in [0.3, 0.4) is 0 Å². The minimum Gasteiger partial charge on any atom is -0.271 e. The molecule has 1 aromatic carbocycles. The third-order valence-electron chi connectivity index (χ3n) is 3.15. The van der Waals surface area contributed by atoms with Crippen molar-refractivity contribution < 1.29 is 0 Å². The Kier molecular flexibility index (Phi) is 3.35. The highest BCUT2D eigenvalue weighted by Crippen LogP contribution is 2.35. The van der Waals surface area contributed by atoms with Gasteiger partial charge in [-0.25, -0.2) is 4.98 Å². The van der Waals surface area contributed by atoms with E-state index >= 15 is 0 Å². The summed E-state index contributed by atoms with van der Waals surface area (Å²) in [6.45, 7) is 0.583. The largest absolute Gasteiger partial charge is 0.271 e. The van der Waals surface area contributed by atoms with E-state index < -0.39 is 0 Å². The first-order valence-electron chi connectivity index (χ1n) is 6.00. The van der Waals surface area contributed by atoms with Crippen molar-refractivity contribution in [2.75, 3.05) is 0 Å². The topological polar surface area (TPSA) is 50.9 Å². The monoisotopic (exact) mass is 279 g/mol. The fourth-order valence-corrected chi connectivity index (χ4v) is 3.74. The lowest BCUT2D eigenvalue weighted by Crippen LogP contribution is -2.20. The smallest absolute Gasteiger partial charge is 0.120 e. The Morgan fingerprint density at radius 3 is 3.06 bits per heavy atom. The number of allylic oxidation sites excluding steroid dienone is 2. The van der Waals surface area contributed by atoms with Gasteiger partial charge < -0.3 is 0 Å². The molecule has 0 fully saturated rings. The average molecular weight is 280 g/mol. The summed E-state index contributed by atoms with van der Waals surface area (Å²) in [5.41, 5.74) is 6.12. The molecule has 3 rings (SSSR count). The van der Waals surface area contributed by atoms with Crippen molar-refractivity contribution in [1.82, 2.24) is 10.4 Å². The fraction of sp³-hybridized carbons (Fsp3) is 0.308. The number of hydrogen-bond donors (Lipinski definition) is 2. The first-order chi connectivity index (χ1) is 8.78. The Bertz CT molecular complexity index is 618. The van der Waals surface area contributed by atoms with Gasteiger partial charge in [-0.3, -0.25) is 11.3 Å². The third-order valence-corrected chi connectivity index (χ3v) is 4.44. The zero-order valence-electron chi connectivity index (χ0n) is 9.87. The van der Waals surface area contributed by atoms with Crippen molar-refractivity contribution in [2.24, 2.45) is 5.84 Å². The normalized spacial score (nSPS) is 15.3. The fourth-order valence-electron chi connectivity index (χ4n) is 2.31. The predicted octanol–water partition coefficient (Wildman–Crippen LogP) is 3.48. The molecule has 0 radical (unpaired) electrons. The second-order valence-corrected chi connectivity index (χ2v) is 5.90. The van der Waals surface area contributed by atoms with E-state index in [-0.39, 0.29) is 0 Å². The molecular formula is C13H14ClN3S. The van der Waals surface area contributed by atoms with Gasteiger partial charge in [0.1, 0.15) is 5.01 Å². The average Bonchev–Trinajstić information content (AvgIpc) is 2.96. The summed E-state index contributed by atoms with van der Waals surface area (Å²) in [5, 5.41) is 1.87. The van der Waals surface area contributed by atoms with Crippen LogP contribution in [0.15, 0.2) is 18.2 Å². The molecule has 0 aliphatic heterocycles.